The van der Waals surface area contributed by atoms with Crippen LogP contribution in [0.5, 0.6) is 0 Å². The monoisotopic (exact) mass is 446 g/mol. The van der Waals surface area contributed by atoms with E-state index in [-0.39, 0.29) is 17.7 Å². The number of carbonyl (C=O) groups is 1. The van der Waals surface area contributed by atoms with Gasteiger partial charge in [-0.15, -0.1) is 0 Å². The first-order valence-electron chi connectivity index (χ1n) is 11.3. The Kier molecular flexibility index (Phi) is 6.28. The summed E-state index contributed by atoms with van der Waals surface area (Å²) < 4.78 is 11.4. The lowest BCUT2D eigenvalue weighted by Crippen LogP contribution is -2.41. The van der Waals surface area contributed by atoms with Crippen LogP contribution < -0.4 is 5.32 Å². The van der Waals surface area contributed by atoms with E-state index >= 15 is 0 Å². The fourth-order valence-corrected chi connectivity index (χ4v) is 4.55. The van der Waals surface area contributed by atoms with E-state index in [1.807, 2.05) is 24.3 Å². The number of fused-ring (bicyclic) bond motifs is 1. The standard InChI is InChI=1S/C25H26N4O4/c30-25(27-9-10-29-11-13-32-14-12-29)23-16-21(24(33-23)17-5-7-26-8-6-17)19-1-3-20-18(15-19)2-4-22(20)28-31/h1,3,5-8,15-16,22H,2,4,9-14H2,(H,27,30). The van der Waals surface area contributed by atoms with Crippen LogP contribution in [-0.4, -0.2) is 55.2 Å². The van der Waals surface area contributed by atoms with Crippen molar-refractivity contribution in [1.29, 1.82) is 0 Å². The lowest BCUT2D eigenvalue weighted by molar-refractivity contribution is 0.0382. The third-order valence-corrected chi connectivity index (χ3v) is 6.34. The summed E-state index contributed by atoms with van der Waals surface area (Å²) in [5.41, 5.74) is 4.74. The first kappa shape index (κ1) is 21.5. The molecule has 1 aliphatic carbocycles. The van der Waals surface area contributed by atoms with Crippen LogP contribution in [0.1, 0.15) is 34.1 Å². The molecule has 0 bridgehead atoms. The predicted molar refractivity (Wildman–Crippen MR) is 124 cm³/mol. The molecule has 0 spiro atoms. The van der Waals surface area contributed by atoms with Gasteiger partial charge in [-0.2, -0.15) is 4.91 Å². The highest BCUT2D eigenvalue weighted by molar-refractivity contribution is 5.95. The maximum Gasteiger partial charge on any atom is 0.287 e. The lowest BCUT2D eigenvalue weighted by Gasteiger charge is -2.26. The van der Waals surface area contributed by atoms with Crippen LogP contribution in [-0.2, 0) is 11.2 Å². The van der Waals surface area contributed by atoms with Crippen molar-refractivity contribution in [2.24, 2.45) is 5.18 Å². The quantitative estimate of drug-likeness (QED) is 0.554. The number of ether oxygens (including phenoxy) is 1. The fourth-order valence-electron chi connectivity index (χ4n) is 4.55. The molecule has 1 atom stereocenters. The third-order valence-electron chi connectivity index (χ3n) is 6.34. The van der Waals surface area contributed by atoms with Gasteiger partial charge in [-0.1, -0.05) is 23.4 Å². The van der Waals surface area contributed by atoms with Crippen molar-refractivity contribution in [2.45, 2.75) is 18.9 Å². The first-order valence-corrected chi connectivity index (χ1v) is 11.3. The number of hydrogen-bond donors (Lipinski definition) is 1. The minimum atomic E-state index is -0.272. The number of nitrogens with one attached hydrogen (secondary N) is 1. The SMILES string of the molecule is O=NC1CCc2cc(-c3cc(C(=O)NCCN4CCOCC4)oc3-c3ccncc3)ccc21. The number of pyridine rings is 1. The molecule has 1 aliphatic heterocycles. The van der Waals surface area contributed by atoms with Crippen LogP contribution in [0.2, 0.25) is 0 Å². The summed E-state index contributed by atoms with van der Waals surface area (Å²) in [4.78, 5) is 30.3. The highest BCUT2D eigenvalue weighted by Gasteiger charge is 2.25. The van der Waals surface area contributed by atoms with E-state index in [9.17, 15) is 9.70 Å². The number of benzene rings is 1. The van der Waals surface area contributed by atoms with Crippen LogP contribution >= 0.6 is 0 Å². The van der Waals surface area contributed by atoms with Crippen LogP contribution in [0.4, 0.5) is 0 Å². The number of nitrogens with zero attached hydrogens (tertiary/aromatic N) is 3. The van der Waals surface area contributed by atoms with Crippen molar-refractivity contribution >= 4 is 5.91 Å². The summed E-state index contributed by atoms with van der Waals surface area (Å²) in [5, 5.41) is 6.22. The van der Waals surface area contributed by atoms with Gasteiger partial charge in [0.25, 0.3) is 5.91 Å². The van der Waals surface area contributed by atoms with Crippen LogP contribution in [0.15, 0.2) is 58.4 Å². The molecule has 3 heterocycles. The molecule has 0 saturated carbocycles. The molecule has 1 amide bonds. The van der Waals surface area contributed by atoms with E-state index in [1.54, 1.807) is 18.5 Å². The summed E-state index contributed by atoms with van der Waals surface area (Å²) >= 11 is 0. The number of aryl methyl sites for hydroxylation is 1. The normalized spacial score (nSPS) is 18.1. The van der Waals surface area contributed by atoms with E-state index < -0.39 is 0 Å². The van der Waals surface area contributed by atoms with Gasteiger partial charge in [0.05, 0.1) is 13.2 Å². The summed E-state index contributed by atoms with van der Waals surface area (Å²) in [7, 11) is 0. The van der Waals surface area contributed by atoms with E-state index in [1.165, 1.54) is 0 Å². The van der Waals surface area contributed by atoms with Gasteiger partial charge in [0.1, 0.15) is 11.8 Å². The lowest BCUT2D eigenvalue weighted by atomic mass is 9.98. The second-order valence-electron chi connectivity index (χ2n) is 8.37. The number of amides is 1. The Bertz CT molecular complexity index is 1140. The molecule has 3 aromatic rings. The van der Waals surface area contributed by atoms with Gasteiger partial charge in [-0.05, 0) is 47.7 Å². The smallest absolute Gasteiger partial charge is 0.287 e. The number of hydrogen-bond acceptors (Lipinski definition) is 7. The number of carbonyl (C=O) groups excluding carboxylic acids is 1. The number of nitroso groups, excluding NO2 is 1. The second-order valence-corrected chi connectivity index (χ2v) is 8.37. The number of morpholine rings is 1. The summed E-state index contributed by atoms with van der Waals surface area (Å²) in [5.74, 6) is 0.654. The maximum absolute atomic E-state index is 12.9. The first-order chi connectivity index (χ1) is 16.2. The minimum absolute atomic E-state index is 0.240. The predicted octanol–water partition coefficient (Wildman–Crippen LogP) is 3.82. The molecule has 1 fully saturated rings. The minimum Gasteiger partial charge on any atom is -0.450 e. The van der Waals surface area contributed by atoms with Crippen molar-refractivity contribution < 1.29 is 13.9 Å². The third kappa shape index (κ3) is 4.58. The highest BCUT2D eigenvalue weighted by Crippen LogP contribution is 2.40. The molecule has 1 saturated heterocycles. The zero-order chi connectivity index (χ0) is 22.6. The Morgan fingerprint density at radius 1 is 1.12 bits per heavy atom. The van der Waals surface area contributed by atoms with Gasteiger partial charge >= 0.3 is 0 Å². The van der Waals surface area contributed by atoms with Crippen LogP contribution in [0, 0.1) is 4.91 Å². The highest BCUT2D eigenvalue weighted by atomic mass is 16.5. The van der Waals surface area contributed by atoms with Crippen LogP contribution in [0.3, 0.4) is 0 Å². The van der Waals surface area contributed by atoms with Gasteiger partial charge in [0.2, 0.25) is 0 Å². The molecule has 33 heavy (non-hydrogen) atoms. The zero-order valence-corrected chi connectivity index (χ0v) is 18.3. The van der Waals surface area contributed by atoms with Gasteiger partial charge in [0, 0.05) is 49.7 Å². The Morgan fingerprint density at radius 2 is 1.94 bits per heavy atom. The molecule has 2 aromatic heterocycles. The Balaban J connectivity index is 1.40. The van der Waals surface area contributed by atoms with Crippen molar-refractivity contribution in [1.82, 2.24) is 15.2 Å². The number of rotatable bonds is 7. The topological polar surface area (TPSA) is 97.0 Å². The Morgan fingerprint density at radius 3 is 2.73 bits per heavy atom. The largest absolute Gasteiger partial charge is 0.450 e. The summed E-state index contributed by atoms with van der Waals surface area (Å²) in [6, 6.07) is 11.3. The average molecular weight is 447 g/mol. The molecular formula is C25H26N4O4. The van der Waals surface area contributed by atoms with Crippen molar-refractivity contribution in [3.05, 3.63) is 70.6 Å². The summed E-state index contributed by atoms with van der Waals surface area (Å²) in [6.07, 6.45) is 4.96. The van der Waals surface area contributed by atoms with E-state index in [0.29, 0.717) is 12.3 Å². The van der Waals surface area contributed by atoms with Gasteiger partial charge in [0.15, 0.2) is 5.76 Å². The van der Waals surface area contributed by atoms with Crippen molar-refractivity contribution in [2.75, 3.05) is 39.4 Å². The molecule has 8 heteroatoms. The van der Waals surface area contributed by atoms with Crippen molar-refractivity contribution in [3.8, 4) is 22.5 Å². The van der Waals surface area contributed by atoms with Crippen molar-refractivity contribution in [3.63, 3.8) is 0 Å². The molecule has 1 unspecified atom stereocenters. The zero-order valence-electron chi connectivity index (χ0n) is 18.3. The number of furan rings is 1. The second kappa shape index (κ2) is 9.64. The summed E-state index contributed by atoms with van der Waals surface area (Å²) in [6.45, 7) is 4.54. The Hall–Kier alpha value is -3.36. The fraction of sp³-hybridized carbons (Fsp3) is 0.360. The molecule has 170 valence electrons. The van der Waals surface area contributed by atoms with Crippen LogP contribution in [0.25, 0.3) is 22.5 Å². The average Bonchev–Trinajstić information content (AvgIpc) is 3.49. The molecule has 0 radical (unpaired) electrons. The van der Waals surface area contributed by atoms with Gasteiger partial charge < -0.3 is 14.5 Å². The van der Waals surface area contributed by atoms with E-state index in [2.05, 4.69) is 26.4 Å². The maximum atomic E-state index is 12.9. The molecule has 5 rings (SSSR count). The molecule has 1 N–H and O–H groups in total. The Labute approximate surface area is 191 Å². The number of aromatic nitrogens is 1. The van der Waals surface area contributed by atoms with E-state index in [0.717, 1.165) is 73.5 Å². The molecule has 8 nitrogen and oxygen atoms in total. The van der Waals surface area contributed by atoms with Gasteiger partial charge in [-0.3, -0.25) is 14.7 Å². The van der Waals surface area contributed by atoms with E-state index in [4.69, 9.17) is 9.15 Å². The molecule has 1 aromatic carbocycles. The molecule has 2 aliphatic rings. The molecular weight excluding hydrogens is 420 g/mol. The van der Waals surface area contributed by atoms with Gasteiger partial charge in [-0.25, -0.2) is 0 Å².